The number of benzene rings is 2. The molecule has 0 saturated heterocycles. The highest BCUT2D eigenvalue weighted by Gasteiger charge is 2.08. The number of nitrogens with zero attached hydrogens (tertiary/aromatic N) is 2. The number of carbonyl (C=O) groups is 1. The smallest absolute Gasteiger partial charge is 0.256 e. The first-order chi connectivity index (χ1) is 11.6. The molecule has 0 fully saturated rings. The molecule has 1 aromatic heterocycles. The van der Waals surface area contributed by atoms with E-state index in [9.17, 15) is 4.79 Å². The third-order valence-electron chi connectivity index (χ3n) is 3.63. The van der Waals surface area contributed by atoms with Gasteiger partial charge in [0.2, 0.25) is 0 Å². The molecule has 3 rings (SSSR count). The molecule has 0 radical (unpaired) electrons. The Morgan fingerprint density at radius 1 is 0.958 bits per heavy atom. The summed E-state index contributed by atoms with van der Waals surface area (Å²) >= 11 is 3.35. The van der Waals surface area contributed by atoms with Crippen molar-refractivity contribution in [2.24, 2.45) is 0 Å². The van der Waals surface area contributed by atoms with Gasteiger partial charge in [-0.1, -0.05) is 34.1 Å². The van der Waals surface area contributed by atoms with Crippen LogP contribution in [-0.4, -0.2) is 17.9 Å². The molecule has 0 bridgehead atoms. The van der Waals surface area contributed by atoms with Gasteiger partial charge in [0.15, 0.2) is 0 Å². The molecule has 2 aromatic carbocycles. The minimum atomic E-state index is -0.181. The summed E-state index contributed by atoms with van der Waals surface area (Å²) in [4.78, 5) is 18.5. The summed E-state index contributed by atoms with van der Waals surface area (Å²) in [6, 6.07) is 20.9. The predicted octanol–water partition coefficient (Wildman–Crippen LogP) is 4.86. The lowest BCUT2D eigenvalue weighted by atomic mass is 10.2. The number of hydrogen-bond donors (Lipinski definition) is 1. The highest BCUT2D eigenvalue weighted by atomic mass is 79.9. The van der Waals surface area contributed by atoms with E-state index in [4.69, 9.17) is 0 Å². The third kappa shape index (κ3) is 3.81. The van der Waals surface area contributed by atoms with Crippen LogP contribution in [0, 0.1) is 0 Å². The number of aromatic nitrogens is 1. The van der Waals surface area contributed by atoms with Crippen molar-refractivity contribution in [1.82, 2.24) is 4.98 Å². The number of amides is 1. The number of nitrogens with one attached hydrogen (secondary N) is 1. The lowest BCUT2D eigenvalue weighted by molar-refractivity contribution is 0.102. The molecule has 24 heavy (non-hydrogen) atoms. The number of para-hydroxylation sites is 1. The number of carbonyl (C=O) groups excluding carboxylic acids is 1. The molecule has 0 atom stereocenters. The molecular formula is C19H16BrN3O. The summed E-state index contributed by atoms with van der Waals surface area (Å²) in [5.74, 6) is 0.340. The van der Waals surface area contributed by atoms with Gasteiger partial charge in [-0.05, 0) is 48.5 Å². The summed E-state index contributed by atoms with van der Waals surface area (Å²) in [5, 5.41) is 2.80. The zero-order valence-electron chi connectivity index (χ0n) is 13.1. The van der Waals surface area contributed by atoms with E-state index < -0.39 is 0 Å². The third-order valence-corrected chi connectivity index (χ3v) is 4.16. The van der Waals surface area contributed by atoms with E-state index in [1.807, 2.05) is 60.5 Å². The molecule has 1 amide bonds. The molecule has 0 unspecified atom stereocenters. The molecule has 0 aliphatic rings. The van der Waals surface area contributed by atoms with Gasteiger partial charge in [-0.2, -0.15) is 0 Å². The average Bonchev–Trinajstić information content (AvgIpc) is 2.63. The minimum absolute atomic E-state index is 0.181. The van der Waals surface area contributed by atoms with Crippen LogP contribution in [0.25, 0.3) is 0 Å². The van der Waals surface area contributed by atoms with E-state index in [1.54, 1.807) is 24.4 Å². The average molecular weight is 382 g/mol. The van der Waals surface area contributed by atoms with E-state index in [-0.39, 0.29) is 5.91 Å². The predicted molar refractivity (Wildman–Crippen MR) is 101 cm³/mol. The maximum atomic E-state index is 12.2. The number of hydrogen-bond acceptors (Lipinski definition) is 3. The second-order valence-corrected chi connectivity index (χ2v) is 6.17. The van der Waals surface area contributed by atoms with Gasteiger partial charge in [-0.15, -0.1) is 0 Å². The first kappa shape index (κ1) is 16.2. The van der Waals surface area contributed by atoms with Crippen molar-refractivity contribution in [2.45, 2.75) is 0 Å². The van der Waals surface area contributed by atoms with Crippen molar-refractivity contribution in [2.75, 3.05) is 17.3 Å². The van der Waals surface area contributed by atoms with Gasteiger partial charge in [0.05, 0.1) is 11.9 Å². The van der Waals surface area contributed by atoms with Crippen molar-refractivity contribution < 1.29 is 4.79 Å². The Bertz CT molecular complexity index is 817. The zero-order valence-corrected chi connectivity index (χ0v) is 14.7. The summed E-state index contributed by atoms with van der Waals surface area (Å²) in [5.41, 5.74) is 2.61. The van der Waals surface area contributed by atoms with Gasteiger partial charge in [0.1, 0.15) is 5.82 Å². The van der Waals surface area contributed by atoms with Crippen LogP contribution in [0.1, 0.15) is 10.4 Å². The molecule has 1 N–H and O–H groups in total. The van der Waals surface area contributed by atoms with E-state index in [2.05, 4.69) is 26.2 Å². The van der Waals surface area contributed by atoms with Crippen molar-refractivity contribution in [1.29, 1.82) is 0 Å². The number of anilines is 3. The fraction of sp³-hybridized carbons (Fsp3) is 0.0526. The molecule has 120 valence electrons. The van der Waals surface area contributed by atoms with Gasteiger partial charge in [-0.3, -0.25) is 4.79 Å². The molecular weight excluding hydrogens is 366 g/mol. The van der Waals surface area contributed by atoms with Crippen LogP contribution in [0.5, 0.6) is 0 Å². The summed E-state index contributed by atoms with van der Waals surface area (Å²) in [6.07, 6.45) is 1.74. The molecule has 0 spiro atoms. The quantitative estimate of drug-likeness (QED) is 0.701. The van der Waals surface area contributed by atoms with Crippen molar-refractivity contribution in [3.05, 3.63) is 83.0 Å². The minimum Gasteiger partial charge on any atom is -0.343 e. The van der Waals surface area contributed by atoms with Crippen LogP contribution in [0.2, 0.25) is 0 Å². The fourth-order valence-corrected chi connectivity index (χ4v) is 2.51. The largest absolute Gasteiger partial charge is 0.343 e. The Hall–Kier alpha value is -2.66. The lowest BCUT2D eigenvalue weighted by Gasteiger charge is -2.19. The Morgan fingerprint density at radius 2 is 1.67 bits per heavy atom. The molecule has 0 aliphatic carbocycles. The first-order valence-electron chi connectivity index (χ1n) is 7.45. The maximum Gasteiger partial charge on any atom is 0.256 e. The van der Waals surface area contributed by atoms with E-state index >= 15 is 0 Å². The normalized spacial score (nSPS) is 10.2. The highest BCUT2D eigenvalue weighted by molar-refractivity contribution is 9.10. The number of rotatable bonds is 4. The summed E-state index contributed by atoms with van der Waals surface area (Å²) in [7, 11) is 1.98. The number of pyridine rings is 1. The maximum absolute atomic E-state index is 12.2. The Labute approximate surface area is 149 Å². The zero-order chi connectivity index (χ0) is 16.9. The molecule has 4 nitrogen and oxygen atoms in total. The van der Waals surface area contributed by atoms with Crippen LogP contribution in [0.15, 0.2) is 77.4 Å². The van der Waals surface area contributed by atoms with E-state index in [0.29, 0.717) is 11.4 Å². The van der Waals surface area contributed by atoms with Gasteiger partial charge in [0, 0.05) is 22.8 Å². The standard InChI is InChI=1S/C19H16BrN3O/c1-23(16-5-3-2-4-6-16)17-11-12-18(21-13-17)22-19(24)14-7-9-15(20)10-8-14/h2-13H,1H3,(H,21,22,24). The SMILES string of the molecule is CN(c1ccccc1)c1ccc(NC(=O)c2ccc(Br)cc2)nc1. The highest BCUT2D eigenvalue weighted by Crippen LogP contribution is 2.23. The monoisotopic (exact) mass is 381 g/mol. The summed E-state index contributed by atoms with van der Waals surface area (Å²) < 4.78 is 0.936. The van der Waals surface area contributed by atoms with Crippen LogP contribution < -0.4 is 10.2 Å². The van der Waals surface area contributed by atoms with Crippen molar-refractivity contribution >= 4 is 39.0 Å². The van der Waals surface area contributed by atoms with E-state index in [1.165, 1.54) is 0 Å². The molecule has 0 aliphatic heterocycles. The van der Waals surface area contributed by atoms with Crippen LogP contribution >= 0.6 is 15.9 Å². The van der Waals surface area contributed by atoms with Gasteiger partial charge < -0.3 is 10.2 Å². The topological polar surface area (TPSA) is 45.2 Å². The van der Waals surface area contributed by atoms with Crippen LogP contribution in [-0.2, 0) is 0 Å². The Kier molecular flexibility index (Phi) is 4.91. The van der Waals surface area contributed by atoms with Crippen molar-refractivity contribution in [3.63, 3.8) is 0 Å². The molecule has 0 saturated carbocycles. The summed E-state index contributed by atoms with van der Waals surface area (Å²) in [6.45, 7) is 0. The van der Waals surface area contributed by atoms with Gasteiger partial charge in [0.25, 0.3) is 5.91 Å². The second kappa shape index (κ2) is 7.27. The van der Waals surface area contributed by atoms with Gasteiger partial charge in [-0.25, -0.2) is 4.98 Å². The van der Waals surface area contributed by atoms with Gasteiger partial charge >= 0.3 is 0 Å². The molecule has 5 heteroatoms. The Balaban J connectivity index is 1.70. The Morgan fingerprint density at radius 3 is 2.29 bits per heavy atom. The fourth-order valence-electron chi connectivity index (χ4n) is 2.25. The lowest BCUT2D eigenvalue weighted by Crippen LogP contribution is -2.14. The number of halogens is 1. The van der Waals surface area contributed by atoms with E-state index in [0.717, 1.165) is 15.8 Å². The van der Waals surface area contributed by atoms with Crippen LogP contribution in [0.3, 0.4) is 0 Å². The first-order valence-corrected chi connectivity index (χ1v) is 8.24. The second-order valence-electron chi connectivity index (χ2n) is 5.26. The molecule has 3 aromatic rings. The van der Waals surface area contributed by atoms with Crippen molar-refractivity contribution in [3.8, 4) is 0 Å². The molecule has 1 heterocycles. The van der Waals surface area contributed by atoms with Crippen LogP contribution in [0.4, 0.5) is 17.2 Å².